The van der Waals surface area contributed by atoms with Crippen molar-refractivity contribution in [1.29, 1.82) is 0 Å². The van der Waals surface area contributed by atoms with E-state index in [0.29, 0.717) is 25.4 Å². The van der Waals surface area contributed by atoms with Gasteiger partial charge in [-0.25, -0.2) is 0 Å². The first-order valence-electron chi connectivity index (χ1n) is 10.7. The van der Waals surface area contributed by atoms with Crippen LogP contribution in [0.15, 0.2) is 42.0 Å². The monoisotopic (exact) mass is 407 g/mol. The fraction of sp³-hybridized carbons (Fsp3) is 0.400. The highest BCUT2D eigenvalue weighted by atomic mass is 16.5. The SMILES string of the molecule is CCCc1ccc(CCc2ccc3c(c2)OCC(CN2CC(C(=O)O)C2)=C3)c(O)c1. The van der Waals surface area contributed by atoms with Gasteiger partial charge in [-0.15, -0.1) is 0 Å². The van der Waals surface area contributed by atoms with E-state index in [-0.39, 0.29) is 5.92 Å². The fourth-order valence-electron chi connectivity index (χ4n) is 4.19. The van der Waals surface area contributed by atoms with Crippen molar-refractivity contribution in [2.45, 2.75) is 32.6 Å². The fourth-order valence-corrected chi connectivity index (χ4v) is 4.19. The molecule has 2 aliphatic heterocycles. The maximum absolute atomic E-state index is 10.9. The summed E-state index contributed by atoms with van der Waals surface area (Å²) in [5.74, 6) is 0.347. The molecule has 1 saturated heterocycles. The molecule has 5 nitrogen and oxygen atoms in total. The highest BCUT2D eigenvalue weighted by Gasteiger charge is 2.32. The van der Waals surface area contributed by atoms with Crippen molar-refractivity contribution in [3.63, 3.8) is 0 Å². The quantitative estimate of drug-likeness (QED) is 0.694. The summed E-state index contributed by atoms with van der Waals surface area (Å²) in [7, 11) is 0. The molecule has 2 aromatic rings. The van der Waals surface area contributed by atoms with Crippen molar-refractivity contribution < 1.29 is 19.7 Å². The van der Waals surface area contributed by atoms with Crippen molar-refractivity contribution in [2.75, 3.05) is 26.2 Å². The molecule has 0 radical (unpaired) electrons. The van der Waals surface area contributed by atoms with Gasteiger partial charge in [0.2, 0.25) is 0 Å². The summed E-state index contributed by atoms with van der Waals surface area (Å²) < 4.78 is 5.98. The van der Waals surface area contributed by atoms with E-state index >= 15 is 0 Å². The molecule has 0 bridgehead atoms. The maximum atomic E-state index is 10.9. The number of phenols is 1. The lowest BCUT2D eigenvalue weighted by Gasteiger charge is -2.37. The second-order valence-corrected chi connectivity index (χ2v) is 8.41. The molecule has 0 aromatic heterocycles. The molecule has 0 spiro atoms. The molecule has 2 N–H and O–H groups in total. The molecule has 2 aromatic carbocycles. The normalized spacial score (nSPS) is 16.4. The van der Waals surface area contributed by atoms with Gasteiger partial charge in [0.15, 0.2) is 0 Å². The molecule has 1 fully saturated rings. The summed E-state index contributed by atoms with van der Waals surface area (Å²) in [5, 5.41) is 19.3. The number of aromatic hydroxyl groups is 1. The summed E-state index contributed by atoms with van der Waals surface area (Å²) in [4.78, 5) is 13.1. The highest BCUT2D eigenvalue weighted by molar-refractivity contribution is 5.71. The maximum Gasteiger partial charge on any atom is 0.309 e. The average molecular weight is 408 g/mol. The number of aliphatic carboxylic acids is 1. The number of benzene rings is 2. The van der Waals surface area contributed by atoms with Gasteiger partial charge in [-0.3, -0.25) is 9.69 Å². The Morgan fingerprint density at radius 1 is 1.10 bits per heavy atom. The molecular formula is C25H29NO4. The van der Waals surface area contributed by atoms with Crippen molar-refractivity contribution >= 4 is 12.0 Å². The zero-order valence-electron chi connectivity index (χ0n) is 17.4. The Labute approximate surface area is 177 Å². The first kappa shape index (κ1) is 20.5. The van der Waals surface area contributed by atoms with Crippen LogP contribution in [0, 0.1) is 5.92 Å². The standard InChI is InChI=1S/C25H29NO4/c1-2-3-17-4-7-20(23(27)11-17)8-5-18-6-9-21-10-19(16-30-24(21)12-18)13-26-14-22(15-26)25(28)29/h4,6-7,9-12,22,27H,2-3,5,8,13-16H2,1H3,(H,28,29). The summed E-state index contributed by atoms with van der Waals surface area (Å²) >= 11 is 0. The van der Waals surface area contributed by atoms with Crippen LogP contribution >= 0.6 is 0 Å². The number of ether oxygens (including phenoxy) is 1. The minimum atomic E-state index is -0.705. The van der Waals surface area contributed by atoms with Crippen molar-refractivity contribution in [2.24, 2.45) is 5.92 Å². The third-order valence-corrected chi connectivity index (χ3v) is 5.96. The average Bonchev–Trinajstić information content (AvgIpc) is 2.69. The minimum Gasteiger partial charge on any atom is -0.508 e. The van der Waals surface area contributed by atoms with Gasteiger partial charge in [0.25, 0.3) is 0 Å². The third kappa shape index (κ3) is 4.68. The van der Waals surface area contributed by atoms with E-state index in [1.165, 1.54) is 16.7 Å². The van der Waals surface area contributed by atoms with Gasteiger partial charge in [0.05, 0.1) is 5.92 Å². The lowest BCUT2D eigenvalue weighted by atomic mass is 9.97. The summed E-state index contributed by atoms with van der Waals surface area (Å²) in [6, 6.07) is 12.3. The Hall–Kier alpha value is -2.79. The van der Waals surface area contributed by atoms with Crippen LogP contribution in [0.1, 0.15) is 35.6 Å². The summed E-state index contributed by atoms with van der Waals surface area (Å²) in [5.41, 5.74) is 5.60. The second-order valence-electron chi connectivity index (χ2n) is 8.41. The lowest BCUT2D eigenvalue weighted by molar-refractivity contribution is -0.147. The van der Waals surface area contributed by atoms with E-state index in [1.807, 2.05) is 12.1 Å². The van der Waals surface area contributed by atoms with Gasteiger partial charge < -0.3 is 14.9 Å². The molecule has 0 atom stereocenters. The predicted octanol–water partition coefficient (Wildman–Crippen LogP) is 3.92. The first-order valence-corrected chi connectivity index (χ1v) is 10.7. The van der Waals surface area contributed by atoms with E-state index in [2.05, 4.69) is 42.2 Å². The molecule has 2 heterocycles. The first-order chi connectivity index (χ1) is 14.5. The van der Waals surface area contributed by atoms with Crippen molar-refractivity contribution in [3.8, 4) is 11.5 Å². The van der Waals surface area contributed by atoms with Crippen LogP contribution in [0.4, 0.5) is 0 Å². The number of phenolic OH excluding ortho intramolecular Hbond substituents is 1. The Bertz CT molecular complexity index is 960. The summed E-state index contributed by atoms with van der Waals surface area (Å²) in [6.45, 7) is 4.68. The van der Waals surface area contributed by atoms with Crippen LogP contribution in [0.3, 0.4) is 0 Å². The van der Waals surface area contributed by atoms with Crippen LogP contribution in [0.5, 0.6) is 11.5 Å². The van der Waals surface area contributed by atoms with Gasteiger partial charge in [0, 0.05) is 25.2 Å². The number of carboxylic acids is 1. The number of rotatable bonds is 8. The number of hydrogen-bond acceptors (Lipinski definition) is 4. The number of aryl methyl sites for hydroxylation is 3. The van der Waals surface area contributed by atoms with Crippen LogP contribution in [-0.2, 0) is 24.1 Å². The predicted molar refractivity (Wildman–Crippen MR) is 117 cm³/mol. The topological polar surface area (TPSA) is 70.0 Å². The van der Waals surface area contributed by atoms with E-state index < -0.39 is 5.97 Å². The van der Waals surface area contributed by atoms with Gasteiger partial charge >= 0.3 is 5.97 Å². The number of hydrogen-bond donors (Lipinski definition) is 2. The number of nitrogens with zero attached hydrogens (tertiary/aromatic N) is 1. The zero-order valence-corrected chi connectivity index (χ0v) is 17.4. The van der Waals surface area contributed by atoms with Gasteiger partial charge in [0.1, 0.15) is 18.1 Å². The van der Waals surface area contributed by atoms with Crippen LogP contribution in [0.2, 0.25) is 0 Å². The number of likely N-dealkylation sites (tertiary alicyclic amines) is 1. The summed E-state index contributed by atoms with van der Waals surface area (Å²) in [6.07, 6.45) is 5.86. The largest absolute Gasteiger partial charge is 0.508 e. The molecule has 5 heteroatoms. The molecule has 0 unspecified atom stereocenters. The van der Waals surface area contributed by atoms with Gasteiger partial charge in [-0.05, 0) is 59.7 Å². The molecule has 2 aliphatic rings. The Kier molecular flexibility index (Phi) is 6.09. The molecule has 4 rings (SSSR count). The molecule has 0 aliphatic carbocycles. The Morgan fingerprint density at radius 3 is 2.60 bits per heavy atom. The molecular weight excluding hydrogens is 378 g/mol. The zero-order chi connectivity index (χ0) is 21.1. The van der Waals surface area contributed by atoms with E-state index in [9.17, 15) is 9.90 Å². The van der Waals surface area contributed by atoms with Crippen molar-refractivity contribution in [3.05, 3.63) is 64.2 Å². The third-order valence-electron chi connectivity index (χ3n) is 5.96. The highest BCUT2D eigenvalue weighted by Crippen LogP contribution is 2.30. The van der Waals surface area contributed by atoms with Gasteiger partial charge in [-0.1, -0.05) is 37.6 Å². The molecule has 158 valence electrons. The minimum absolute atomic E-state index is 0.229. The van der Waals surface area contributed by atoms with Crippen LogP contribution in [-0.4, -0.2) is 47.3 Å². The molecule has 0 saturated carbocycles. The van der Waals surface area contributed by atoms with Crippen LogP contribution < -0.4 is 4.74 Å². The molecule has 0 amide bonds. The van der Waals surface area contributed by atoms with E-state index in [1.54, 1.807) is 0 Å². The molecule has 30 heavy (non-hydrogen) atoms. The Morgan fingerprint density at radius 2 is 1.87 bits per heavy atom. The van der Waals surface area contributed by atoms with E-state index in [0.717, 1.165) is 49.1 Å². The smallest absolute Gasteiger partial charge is 0.309 e. The van der Waals surface area contributed by atoms with Gasteiger partial charge in [-0.2, -0.15) is 0 Å². The van der Waals surface area contributed by atoms with Crippen molar-refractivity contribution in [1.82, 2.24) is 4.90 Å². The number of carboxylic acid groups (broad SMARTS) is 1. The lowest BCUT2D eigenvalue weighted by Crippen LogP contribution is -2.51. The Balaban J connectivity index is 1.35. The number of carbonyl (C=O) groups is 1. The number of fused-ring (bicyclic) bond motifs is 1. The van der Waals surface area contributed by atoms with Crippen LogP contribution in [0.25, 0.3) is 6.08 Å². The second kappa shape index (κ2) is 8.92. The van der Waals surface area contributed by atoms with E-state index in [4.69, 9.17) is 9.84 Å².